The van der Waals surface area contributed by atoms with Gasteiger partial charge in [0.15, 0.2) is 0 Å². The second kappa shape index (κ2) is 16.7. The van der Waals surface area contributed by atoms with Crippen LogP contribution in [0.25, 0.3) is 0 Å². The van der Waals surface area contributed by atoms with Crippen LogP contribution in [0.5, 0.6) is 0 Å². The summed E-state index contributed by atoms with van der Waals surface area (Å²) in [5.41, 5.74) is 4.97. The summed E-state index contributed by atoms with van der Waals surface area (Å²) in [5.74, 6) is 1.24. The number of ketones is 1. The summed E-state index contributed by atoms with van der Waals surface area (Å²) in [5, 5.41) is 2.77. The maximum Gasteiger partial charge on any atom is 0.220 e. The highest BCUT2D eigenvalue weighted by molar-refractivity contribution is 5.77. The van der Waals surface area contributed by atoms with Crippen molar-refractivity contribution in [1.82, 2.24) is 5.32 Å². The van der Waals surface area contributed by atoms with Gasteiger partial charge in [-0.2, -0.15) is 0 Å². The van der Waals surface area contributed by atoms with Crippen molar-refractivity contribution in [3.05, 3.63) is 0 Å². The van der Waals surface area contributed by atoms with Crippen molar-refractivity contribution in [1.29, 1.82) is 0 Å². The van der Waals surface area contributed by atoms with Gasteiger partial charge in [0, 0.05) is 41.9 Å². The van der Waals surface area contributed by atoms with Crippen LogP contribution in [0.1, 0.15) is 87.8 Å². The third-order valence-corrected chi connectivity index (χ3v) is 4.37. The second-order valence-electron chi connectivity index (χ2n) is 7.90. The zero-order chi connectivity index (χ0) is 20.5. The fourth-order valence-electron chi connectivity index (χ4n) is 3.03. The lowest BCUT2D eigenvalue weighted by Gasteiger charge is -2.19. The molecule has 0 bridgehead atoms. The fourth-order valence-corrected chi connectivity index (χ4v) is 3.03. The molecule has 0 aliphatic heterocycles. The maximum atomic E-state index is 11.3. The molecule has 0 heterocycles. The average Bonchev–Trinajstić information content (AvgIpc) is 2.58. The molecule has 0 unspecified atom stereocenters. The number of nitrogens with two attached hydrogens (primary N) is 1. The number of rotatable bonds is 12. The van der Waals surface area contributed by atoms with E-state index in [2.05, 4.69) is 19.2 Å². The Morgan fingerprint density at radius 1 is 1.11 bits per heavy atom. The SMILES string of the molecule is CC(=O)CC1CCCCC1.CC(C)COCCCNC(=O)CCCC(N)=O.[HH].[HH]. The Morgan fingerprint density at radius 2 is 1.78 bits per heavy atom. The Hall–Kier alpha value is -1.43. The summed E-state index contributed by atoms with van der Waals surface area (Å²) >= 11 is 0. The van der Waals surface area contributed by atoms with Gasteiger partial charge in [0.2, 0.25) is 11.8 Å². The molecule has 1 fully saturated rings. The molecule has 0 atom stereocenters. The van der Waals surface area contributed by atoms with Crippen LogP contribution < -0.4 is 11.1 Å². The van der Waals surface area contributed by atoms with Gasteiger partial charge in [-0.15, -0.1) is 0 Å². The summed E-state index contributed by atoms with van der Waals surface area (Å²) in [7, 11) is 0. The number of hydrogen-bond donors (Lipinski definition) is 2. The zero-order valence-electron chi connectivity index (χ0n) is 17.6. The van der Waals surface area contributed by atoms with Gasteiger partial charge in [-0.25, -0.2) is 0 Å². The van der Waals surface area contributed by atoms with Gasteiger partial charge in [-0.3, -0.25) is 9.59 Å². The van der Waals surface area contributed by atoms with Crippen LogP contribution in [0.15, 0.2) is 0 Å². The highest BCUT2D eigenvalue weighted by Gasteiger charge is 2.14. The first kappa shape index (κ1) is 25.6. The molecule has 162 valence electrons. The molecule has 6 nitrogen and oxygen atoms in total. The Balaban J connectivity index is -0.000000484. The first-order valence-electron chi connectivity index (χ1n) is 10.4. The normalized spacial score (nSPS) is 14.4. The third kappa shape index (κ3) is 19.1. The van der Waals surface area contributed by atoms with E-state index in [-0.39, 0.29) is 21.1 Å². The van der Waals surface area contributed by atoms with Crippen LogP contribution in [0.4, 0.5) is 0 Å². The molecule has 27 heavy (non-hydrogen) atoms. The number of primary amides is 1. The van der Waals surface area contributed by atoms with Crippen molar-refractivity contribution in [3.8, 4) is 0 Å². The highest BCUT2D eigenvalue weighted by Crippen LogP contribution is 2.26. The average molecular weight is 389 g/mol. The van der Waals surface area contributed by atoms with E-state index >= 15 is 0 Å². The number of nitrogens with one attached hydrogen (secondary N) is 1. The monoisotopic (exact) mass is 388 g/mol. The topological polar surface area (TPSA) is 98.5 Å². The predicted molar refractivity (Wildman–Crippen MR) is 112 cm³/mol. The Kier molecular flexibility index (Phi) is 15.8. The number of carbonyl (C=O) groups excluding carboxylic acids is 3. The third-order valence-electron chi connectivity index (χ3n) is 4.37. The van der Waals surface area contributed by atoms with Crippen LogP contribution in [-0.2, 0) is 19.1 Å². The number of amides is 2. The minimum absolute atomic E-state index is 0. The number of carbonyl (C=O) groups is 3. The van der Waals surface area contributed by atoms with E-state index in [1.807, 2.05) is 0 Å². The molecule has 0 aromatic rings. The Labute approximate surface area is 167 Å². The molecular weight excluding hydrogens is 344 g/mol. The highest BCUT2D eigenvalue weighted by atomic mass is 16.5. The van der Waals surface area contributed by atoms with Gasteiger partial charge in [0.05, 0.1) is 0 Å². The van der Waals surface area contributed by atoms with E-state index < -0.39 is 0 Å². The quantitative estimate of drug-likeness (QED) is 0.496. The van der Waals surface area contributed by atoms with Gasteiger partial charge >= 0.3 is 0 Å². The van der Waals surface area contributed by atoms with E-state index in [0.29, 0.717) is 37.7 Å². The van der Waals surface area contributed by atoms with Crippen molar-refractivity contribution >= 4 is 17.6 Å². The molecule has 0 aromatic carbocycles. The standard InChI is InChI=1S/C12H24N2O3.C9H16O.2H2/c1-10(2)9-17-8-4-7-14-12(16)6-3-5-11(13)15;1-8(10)7-9-5-3-2-4-6-9;;/h10H,3-9H2,1-2H3,(H2,13,15)(H,14,16);9H,2-7H2,1H3;2*1H. The van der Waals surface area contributed by atoms with Gasteiger partial charge in [-0.1, -0.05) is 46.0 Å². The molecule has 3 N–H and O–H groups in total. The Bertz CT molecular complexity index is 429. The molecule has 1 aliphatic rings. The second-order valence-corrected chi connectivity index (χ2v) is 7.90. The minimum atomic E-state index is -0.361. The molecule has 0 saturated heterocycles. The summed E-state index contributed by atoms with van der Waals surface area (Å²) in [6.07, 6.45) is 9.45. The molecule has 0 radical (unpaired) electrons. The maximum absolute atomic E-state index is 11.3. The van der Waals surface area contributed by atoms with Gasteiger partial charge in [0.25, 0.3) is 0 Å². The van der Waals surface area contributed by atoms with E-state index in [1.165, 1.54) is 32.1 Å². The van der Waals surface area contributed by atoms with Crippen LogP contribution in [0.2, 0.25) is 0 Å². The largest absolute Gasteiger partial charge is 0.381 e. The number of hydrogen-bond acceptors (Lipinski definition) is 4. The van der Waals surface area contributed by atoms with Crippen molar-refractivity contribution in [2.45, 2.75) is 85.0 Å². The van der Waals surface area contributed by atoms with Crippen LogP contribution in [0.3, 0.4) is 0 Å². The van der Waals surface area contributed by atoms with Gasteiger partial charge < -0.3 is 20.6 Å². The van der Waals surface area contributed by atoms with E-state index in [9.17, 15) is 14.4 Å². The molecule has 1 rings (SSSR count). The zero-order valence-corrected chi connectivity index (χ0v) is 17.6. The first-order chi connectivity index (χ1) is 12.8. The molecule has 0 aromatic heterocycles. The van der Waals surface area contributed by atoms with E-state index in [0.717, 1.165) is 25.4 Å². The molecule has 1 aliphatic carbocycles. The van der Waals surface area contributed by atoms with Crippen molar-refractivity contribution in [2.24, 2.45) is 17.6 Å². The summed E-state index contributed by atoms with van der Waals surface area (Å²) in [6.45, 7) is 7.94. The number of Topliss-reactive ketones (excluding diaryl/α,β-unsaturated/α-hetero) is 1. The molecule has 0 spiro atoms. The lowest BCUT2D eigenvalue weighted by molar-refractivity contribution is -0.121. The lowest BCUT2D eigenvalue weighted by atomic mass is 9.86. The molecular formula is C21H44N2O4. The van der Waals surface area contributed by atoms with Crippen molar-refractivity contribution in [3.63, 3.8) is 0 Å². The minimum Gasteiger partial charge on any atom is -0.381 e. The van der Waals surface area contributed by atoms with E-state index in [1.54, 1.807) is 6.92 Å². The van der Waals surface area contributed by atoms with Crippen LogP contribution in [0, 0.1) is 11.8 Å². The van der Waals surface area contributed by atoms with Gasteiger partial charge in [-0.05, 0) is 31.6 Å². The van der Waals surface area contributed by atoms with Gasteiger partial charge in [0.1, 0.15) is 5.78 Å². The van der Waals surface area contributed by atoms with Crippen LogP contribution >= 0.6 is 0 Å². The summed E-state index contributed by atoms with van der Waals surface area (Å²) in [6, 6.07) is 0. The Morgan fingerprint density at radius 3 is 2.33 bits per heavy atom. The van der Waals surface area contributed by atoms with E-state index in [4.69, 9.17) is 10.5 Å². The fraction of sp³-hybridized carbons (Fsp3) is 0.857. The summed E-state index contributed by atoms with van der Waals surface area (Å²) < 4.78 is 5.38. The molecule has 1 saturated carbocycles. The lowest BCUT2D eigenvalue weighted by Crippen LogP contribution is -2.25. The predicted octanol–water partition coefficient (Wildman–Crippen LogP) is 3.86. The van der Waals surface area contributed by atoms with Crippen molar-refractivity contribution < 1.29 is 22.0 Å². The first-order valence-corrected chi connectivity index (χ1v) is 10.4. The smallest absolute Gasteiger partial charge is 0.220 e. The molecule has 6 heteroatoms. The molecule has 2 amide bonds. The number of ether oxygens (including phenoxy) is 1. The van der Waals surface area contributed by atoms with Crippen molar-refractivity contribution in [2.75, 3.05) is 19.8 Å². The summed E-state index contributed by atoms with van der Waals surface area (Å²) in [4.78, 5) is 32.4. The van der Waals surface area contributed by atoms with Crippen LogP contribution in [-0.4, -0.2) is 37.4 Å².